The Balaban J connectivity index is 1.63. The van der Waals surface area contributed by atoms with Gasteiger partial charge in [-0.2, -0.15) is 5.10 Å². The van der Waals surface area contributed by atoms with Crippen LogP contribution < -0.4 is 11.1 Å². The first-order valence-corrected chi connectivity index (χ1v) is 11.3. The van der Waals surface area contributed by atoms with Gasteiger partial charge in [0.25, 0.3) is 5.91 Å². The lowest BCUT2D eigenvalue weighted by atomic mass is 9.75. The predicted molar refractivity (Wildman–Crippen MR) is 118 cm³/mol. The number of carbonyl (C=O) groups excluding carboxylic acids is 2. The van der Waals surface area contributed by atoms with Gasteiger partial charge in [-0.1, -0.05) is 13.8 Å². The minimum atomic E-state index is -0.830. The van der Waals surface area contributed by atoms with Crippen LogP contribution >= 0.6 is 0 Å². The van der Waals surface area contributed by atoms with Gasteiger partial charge in [0.1, 0.15) is 5.82 Å². The van der Waals surface area contributed by atoms with Crippen molar-refractivity contribution in [2.24, 2.45) is 17.1 Å². The fraction of sp³-hybridized carbons (Fsp3) is 0.542. The second-order valence-electron chi connectivity index (χ2n) is 10.2. The summed E-state index contributed by atoms with van der Waals surface area (Å²) in [7, 11) is 0. The van der Waals surface area contributed by atoms with Crippen molar-refractivity contribution in [2.45, 2.75) is 58.4 Å². The van der Waals surface area contributed by atoms with Crippen molar-refractivity contribution in [3.8, 4) is 5.69 Å². The number of nitrogens with one attached hydrogen (secondary N) is 1. The molecule has 3 N–H and O–H groups in total. The lowest BCUT2D eigenvalue weighted by Crippen LogP contribution is -2.28. The molecule has 3 aliphatic rings. The van der Waals surface area contributed by atoms with Crippen LogP contribution in [0.15, 0.2) is 12.1 Å². The molecule has 5 rings (SSSR count). The largest absolute Gasteiger partial charge is 0.379 e. The molecule has 170 valence electrons. The molecule has 0 spiro atoms. The summed E-state index contributed by atoms with van der Waals surface area (Å²) in [5, 5.41) is 8.03. The molecule has 2 aliphatic carbocycles. The van der Waals surface area contributed by atoms with E-state index < -0.39 is 11.7 Å². The maximum Gasteiger partial charge on any atom is 0.253 e. The Labute approximate surface area is 186 Å². The Morgan fingerprint density at radius 2 is 2.09 bits per heavy atom. The molecule has 2 fully saturated rings. The summed E-state index contributed by atoms with van der Waals surface area (Å²) in [6.45, 7) is 5.22. The monoisotopic (exact) mass is 440 g/mol. The van der Waals surface area contributed by atoms with Crippen LogP contribution in [0, 0.1) is 17.2 Å². The number of fused-ring (bicyclic) bond motifs is 1. The fourth-order valence-electron chi connectivity index (χ4n) is 4.93. The highest BCUT2D eigenvalue weighted by molar-refractivity contribution is 6.00. The van der Waals surface area contributed by atoms with Crippen LogP contribution in [0.25, 0.3) is 5.69 Å². The number of hydrogen-bond donors (Lipinski definition) is 2. The number of anilines is 1. The number of rotatable bonds is 6. The van der Waals surface area contributed by atoms with Crippen molar-refractivity contribution in [3.05, 3.63) is 40.5 Å². The molecular weight excluding hydrogens is 411 g/mol. The van der Waals surface area contributed by atoms with Gasteiger partial charge in [0.2, 0.25) is 0 Å². The van der Waals surface area contributed by atoms with E-state index in [2.05, 4.69) is 19.2 Å². The lowest BCUT2D eigenvalue weighted by Gasteiger charge is -2.29. The maximum atomic E-state index is 15.1. The van der Waals surface area contributed by atoms with Crippen LogP contribution in [0.2, 0.25) is 0 Å². The molecule has 1 aliphatic heterocycles. The second-order valence-corrected chi connectivity index (χ2v) is 10.2. The molecule has 2 heterocycles. The summed E-state index contributed by atoms with van der Waals surface area (Å²) in [6, 6.07) is 2.97. The first-order valence-electron chi connectivity index (χ1n) is 11.3. The number of Topliss-reactive ketones (excluding diaryl/α,β-unsaturated/α-hetero) is 1. The third kappa shape index (κ3) is 3.92. The van der Waals surface area contributed by atoms with E-state index >= 15 is 4.39 Å². The minimum absolute atomic E-state index is 0.0276. The molecule has 2 aromatic rings. The first kappa shape index (κ1) is 21.1. The molecule has 1 saturated heterocycles. The number of hydrogen-bond acceptors (Lipinski definition) is 5. The van der Waals surface area contributed by atoms with E-state index in [1.165, 1.54) is 6.07 Å². The Kier molecular flexibility index (Phi) is 5.08. The zero-order chi connectivity index (χ0) is 22.6. The fourth-order valence-corrected chi connectivity index (χ4v) is 4.93. The van der Waals surface area contributed by atoms with E-state index in [1.807, 2.05) is 0 Å². The zero-order valence-electron chi connectivity index (χ0n) is 18.5. The van der Waals surface area contributed by atoms with E-state index in [0.717, 1.165) is 37.1 Å². The van der Waals surface area contributed by atoms with Crippen molar-refractivity contribution in [1.29, 1.82) is 0 Å². The smallest absolute Gasteiger partial charge is 0.253 e. The number of halogens is 1. The number of ketones is 1. The Morgan fingerprint density at radius 3 is 2.75 bits per heavy atom. The highest BCUT2D eigenvalue weighted by atomic mass is 19.1. The topological polar surface area (TPSA) is 99.2 Å². The van der Waals surface area contributed by atoms with Crippen LogP contribution in [-0.2, 0) is 17.6 Å². The average Bonchev–Trinajstić information content (AvgIpc) is 3.21. The first-order chi connectivity index (χ1) is 15.2. The molecule has 0 radical (unpaired) electrons. The van der Waals surface area contributed by atoms with Crippen LogP contribution in [0.1, 0.15) is 71.6 Å². The molecule has 8 heteroatoms. The molecule has 32 heavy (non-hydrogen) atoms. The van der Waals surface area contributed by atoms with E-state index in [0.29, 0.717) is 48.9 Å². The summed E-state index contributed by atoms with van der Waals surface area (Å²) in [6.07, 6.45) is 4.99. The van der Waals surface area contributed by atoms with E-state index in [4.69, 9.17) is 15.6 Å². The number of amides is 1. The molecule has 1 atom stereocenters. The zero-order valence-corrected chi connectivity index (χ0v) is 18.5. The third-order valence-corrected chi connectivity index (χ3v) is 6.65. The second kappa shape index (κ2) is 7.69. The molecule has 1 aromatic carbocycles. The molecule has 1 saturated carbocycles. The third-order valence-electron chi connectivity index (χ3n) is 6.65. The van der Waals surface area contributed by atoms with Crippen LogP contribution in [-0.4, -0.2) is 40.7 Å². The maximum absolute atomic E-state index is 15.1. The Hall–Kier alpha value is -2.74. The van der Waals surface area contributed by atoms with Gasteiger partial charge >= 0.3 is 0 Å². The Morgan fingerprint density at radius 1 is 1.31 bits per heavy atom. The van der Waals surface area contributed by atoms with Crippen LogP contribution in [0.4, 0.5) is 10.1 Å². The highest BCUT2D eigenvalue weighted by Gasteiger charge is 2.38. The van der Waals surface area contributed by atoms with Gasteiger partial charge < -0.3 is 15.8 Å². The van der Waals surface area contributed by atoms with Gasteiger partial charge in [-0.25, -0.2) is 9.07 Å². The Bertz CT molecular complexity index is 1100. The van der Waals surface area contributed by atoms with Gasteiger partial charge in [0.05, 0.1) is 46.5 Å². The number of primary amides is 1. The number of ether oxygens (including phenoxy) is 1. The highest BCUT2D eigenvalue weighted by Crippen LogP contribution is 2.40. The van der Waals surface area contributed by atoms with Gasteiger partial charge in [-0.3, -0.25) is 9.59 Å². The molecule has 7 nitrogen and oxygen atoms in total. The molecule has 1 aromatic heterocycles. The molecule has 1 unspecified atom stereocenters. The standard InChI is InChI=1S/C24H29FN4O3/c1-24(2)10-19-22(20(30)11-24)18(7-13-3-4-13)28-29(19)15-8-16(25)21(23(26)31)17(9-15)27-14-5-6-32-12-14/h8-9,13-14,27H,3-7,10-12H2,1-2H3,(H2,26,31). The van der Waals surface area contributed by atoms with Crippen molar-refractivity contribution < 1.29 is 18.7 Å². The van der Waals surface area contributed by atoms with Gasteiger partial charge in [-0.15, -0.1) is 0 Å². The summed E-state index contributed by atoms with van der Waals surface area (Å²) >= 11 is 0. The average molecular weight is 441 g/mol. The minimum Gasteiger partial charge on any atom is -0.379 e. The lowest BCUT2D eigenvalue weighted by molar-refractivity contribution is 0.0909. The van der Waals surface area contributed by atoms with Gasteiger partial charge in [0.15, 0.2) is 5.78 Å². The summed E-state index contributed by atoms with van der Waals surface area (Å²) < 4.78 is 22.2. The van der Waals surface area contributed by atoms with Crippen LogP contribution in [0.3, 0.4) is 0 Å². The van der Waals surface area contributed by atoms with Crippen molar-refractivity contribution in [3.63, 3.8) is 0 Å². The molecular formula is C24H29FN4O3. The number of benzene rings is 1. The predicted octanol–water partition coefficient (Wildman–Crippen LogP) is 3.42. The van der Waals surface area contributed by atoms with Gasteiger partial charge in [-0.05, 0) is 49.5 Å². The van der Waals surface area contributed by atoms with E-state index in [-0.39, 0.29) is 22.8 Å². The number of carbonyl (C=O) groups is 2. The van der Waals surface area contributed by atoms with Gasteiger partial charge in [0, 0.05) is 19.1 Å². The number of nitrogens with zero attached hydrogens (tertiary/aromatic N) is 2. The summed E-state index contributed by atoms with van der Waals surface area (Å²) in [4.78, 5) is 25.1. The summed E-state index contributed by atoms with van der Waals surface area (Å²) in [5.74, 6) is -0.859. The van der Waals surface area contributed by atoms with Crippen LogP contribution in [0.5, 0.6) is 0 Å². The molecule has 0 bridgehead atoms. The van der Waals surface area contributed by atoms with E-state index in [9.17, 15) is 9.59 Å². The number of nitrogens with two attached hydrogens (primary N) is 1. The van der Waals surface area contributed by atoms with Crippen molar-refractivity contribution in [1.82, 2.24) is 9.78 Å². The van der Waals surface area contributed by atoms with E-state index in [1.54, 1.807) is 10.7 Å². The SMILES string of the molecule is CC1(C)CC(=O)c2c(CC3CC3)nn(-c3cc(F)c(C(N)=O)c(NC4CCOC4)c3)c2C1. The summed E-state index contributed by atoms with van der Waals surface area (Å²) in [5.41, 5.74) is 8.27. The number of aromatic nitrogens is 2. The quantitative estimate of drug-likeness (QED) is 0.717. The van der Waals surface area contributed by atoms with Crippen molar-refractivity contribution in [2.75, 3.05) is 18.5 Å². The molecule has 1 amide bonds. The normalized spacial score (nSPS) is 22.1. The van der Waals surface area contributed by atoms with Crippen molar-refractivity contribution >= 4 is 17.4 Å².